The Labute approximate surface area is 157 Å². The second kappa shape index (κ2) is 8.79. The number of rotatable bonds is 8. The molecular weight excluding hydrogens is 346 g/mol. The number of methoxy groups -OCH3 is 1. The number of aromatic nitrogens is 4. The number of carbonyl (C=O) groups excluding carboxylic acids is 1. The third-order valence-electron chi connectivity index (χ3n) is 3.92. The fraction of sp³-hybridized carbons (Fsp3) is 0.263. The van der Waals surface area contributed by atoms with E-state index in [-0.39, 0.29) is 5.91 Å². The summed E-state index contributed by atoms with van der Waals surface area (Å²) in [5.74, 6) is 0.935. The van der Waals surface area contributed by atoms with Crippen molar-refractivity contribution < 1.29 is 14.3 Å². The van der Waals surface area contributed by atoms with Crippen molar-refractivity contribution in [2.24, 2.45) is 0 Å². The van der Waals surface area contributed by atoms with E-state index in [0.717, 1.165) is 18.5 Å². The molecule has 0 radical (unpaired) electrons. The summed E-state index contributed by atoms with van der Waals surface area (Å²) in [5, 5.41) is 13.9. The lowest BCUT2D eigenvalue weighted by atomic mass is 10.1. The van der Waals surface area contributed by atoms with Gasteiger partial charge >= 0.3 is 0 Å². The summed E-state index contributed by atoms with van der Waals surface area (Å²) in [6.45, 7) is 2.72. The molecule has 0 atom stereocenters. The van der Waals surface area contributed by atoms with Gasteiger partial charge in [0.15, 0.2) is 11.5 Å². The van der Waals surface area contributed by atoms with E-state index in [1.54, 1.807) is 37.4 Å². The second-order valence-corrected chi connectivity index (χ2v) is 5.82. The molecule has 1 amide bonds. The van der Waals surface area contributed by atoms with Crippen molar-refractivity contribution in [2.45, 2.75) is 19.8 Å². The Balaban J connectivity index is 1.68. The number of amides is 1. The van der Waals surface area contributed by atoms with E-state index in [4.69, 9.17) is 9.47 Å². The maximum atomic E-state index is 12.5. The molecule has 0 saturated carbocycles. The molecular formula is C19H21N5O3. The zero-order valence-electron chi connectivity index (χ0n) is 15.3. The number of tetrazole rings is 1. The lowest BCUT2D eigenvalue weighted by Gasteiger charge is -2.12. The van der Waals surface area contributed by atoms with Crippen molar-refractivity contribution in [2.75, 3.05) is 19.0 Å². The van der Waals surface area contributed by atoms with Crippen LogP contribution in [-0.4, -0.2) is 39.8 Å². The number of anilines is 1. The first-order valence-electron chi connectivity index (χ1n) is 8.67. The number of hydrogen-bond donors (Lipinski definition) is 1. The zero-order valence-corrected chi connectivity index (χ0v) is 15.3. The van der Waals surface area contributed by atoms with Crippen LogP contribution in [0.2, 0.25) is 0 Å². The number of nitrogens with one attached hydrogen (secondary N) is 1. The third-order valence-corrected chi connectivity index (χ3v) is 3.92. The molecule has 0 spiro atoms. The predicted molar refractivity (Wildman–Crippen MR) is 101 cm³/mol. The molecule has 2 aromatic carbocycles. The van der Waals surface area contributed by atoms with Crippen LogP contribution in [0.5, 0.6) is 11.5 Å². The molecule has 140 valence electrons. The fourth-order valence-corrected chi connectivity index (χ4v) is 2.43. The highest BCUT2D eigenvalue weighted by Gasteiger charge is 2.12. The van der Waals surface area contributed by atoms with Crippen LogP contribution in [0.3, 0.4) is 0 Å². The average molecular weight is 367 g/mol. The fourth-order valence-electron chi connectivity index (χ4n) is 2.43. The van der Waals surface area contributed by atoms with Crippen LogP contribution < -0.4 is 14.8 Å². The topological polar surface area (TPSA) is 91.2 Å². The molecule has 1 aromatic heterocycles. The molecule has 0 fully saturated rings. The van der Waals surface area contributed by atoms with Gasteiger partial charge in [-0.05, 0) is 59.3 Å². The van der Waals surface area contributed by atoms with Crippen LogP contribution in [0.25, 0.3) is 5.69 Å². The normalized spacial score (nSPS) is 10.4. The molecule has 1 N–H and O–H groups in total. The molecule has 0 aliphatic carbocycles. The summed E-state index contributed by atoms with van der Waals surface area (Å²) in [6.07, 6.45) is 3.52. The first-order chi connectivity index (χ1) is 13.2. The first-order valence-corrected chi connectivity index (χ1v) is 8.67. The summed E-state index contributed by atoms with van der Waals surface area (Å²) in [6, 6.07) is 12.3. The standard InChI is InChI=1S/C19H21N5O3/c1-3-4-11-27-17-10-5-14(12-18(17)26-2)19(25)21-15-6-8-16(9-7-15)24-13-20-22-23-24/h5-10,12-13H,3-4,11H2,1-2H3,(H,21,25). The van der Waals surface area contributed by atoms with Gasteiger partial charge in [-0.2, -0.15) is 0 Å². The van der Waals surface area contributed by atoms with E-state index in [0.29, 0.717) is 29.4 Å². The van der Waals surface area contributed by atoms with Crippen molar-refractivity contribution in [3.05, 3.63) is 54.4 Å². The van der Waals surface area contributed by atoms with E-state index in [1.807, 2.05) is 12.1 Å². The van der Waals surface area contributed by atoms with Gasteiger partial charge in [0.2, 0.25) is 0 Å². The Morgan fingerprint density at radius 3 is 2.63 bits per heavy atom. The maximum Gasteiger partial charge on any atom is 0.255 e. The summed E-state index contributed by atoms with van der Waals surface area (Å²) < 4.78 is 12.6. The van der Waals surface area contributed by atoms with Crippen LogP contribution in [-0.2, 0) is 0 Å². The van der Waals surface area contributed by atoms with Gasteiger partial charge in [0.1, 0.15) is 6.33 Å². The number of benzene rings is 2. The largest absolute Gasteiger partial charge is 0.493 e. The van der Waals surface area contributed by atoms with E-state index in [2.05, 4.69) is 27.8 Å². The molecule has 8 nitrogen and oxygen atoms in total. The molecule has 0 bridgehead atoms. The molecule has 0 unspecified atom stereocenters. The lowest BCUT2D eigenvalue weighted by Crippen LogP contribution is -2.12. The van der Waals surface area contributed by atoms with Crippen LogP contribution in [0.15, 0.2) is 48.8 Å². The minimum Gasteiger partial charge on any atom is -0.493 e. The molecule has 3 aromatic rings. The molecule has 1 heterocycles. The Kier molecular flexibility index (Phi) is 5.98. The summed E-state index contributed by atoms with van der Waals surface area (Å²) in [7, 11) is 1.56. The minimum atomic E-state index is -0.233. The monoisotopic (exact) mass is 367 g/mol. The second-order valence-electron chi connectivity index (χ2n) is 5.82. The van der Waals surface area contributed by atoms with Crippen molar-refractivity contribution >= 4 is 11.6 Å². The number of unbranched alkanes of at least 4 members (excludes halogenated alkanes) is 1. The minimum absolute atomic E-state index is 0.233. The van der Waals surface area contributed by atoms with Gasteiger partial charge in [-0.3, -0.25) is 4.79 Å². The van der Waals surface area contributed by atoms with Gasteiger partial charge in [-0.1, -0.05) is 13.3 Å². The molecule has 27 heavy (non-hydrogen) atoms. The van der Waals surface area contributed by atoms with Gasteiger partial charge in [0.05, 0.1) is 19.4 Å². The van der Waals surface area contributed by atoms with Crippen molar-refractivity contribution in [1.82, 2.24) is 20.2 Å². The summed E-state index contributed by atoms with van der Waals surface area (Å²) in [5.41, 5.74) is 1.95. The SMILES string of the molecule is CCCCOc1ccc(C(=O)Nc2ccc(-n3cnnn3)cc2)cc1OC. The summed E-state index contributed by atoms with van der Waals surface area (Å²) >= 11 is 0. The Morgan fingerprint density at radius 2 is 1.96 bits per heavy atom. The molecule has 8 heteroatoms. The van der Waals surface area contributed by atoms with Crippen LogP contribution >= 0.6 is 0 Å². The Morgan fingerprint density at radius 1 is 1.15 bits per heavy atom. The Bertz CT molecular complexity index is 879. The smallest absolute Gasteiger partial charge is 0.255 e. The van der Waals surface area contributed by atoms with Crippen molar-refractivity contribution in [3.8, 4) is 17.2 Å². The van der Waals surface area contributed by atoms with Crippen LogP contribution in [0.4, 0.5) is 5.69 Å². The van der Waals surface area contributed by atoms with Crippen LogP contribution in [0.1, 0.15) is 30.1 Å². The highest BCUT2D eigenvalue weighted by molar-refractivity contribution is 6.04. The van der Waals surface area contributed by atoms with E-state index < -0.39 is 0 Å². The van der Waals surface area contributed by atoms with Crippen molar-refractivity contribution in [1.29, 1.82) is 0 Å². The van der Waals surface area contributed by atoms with Gasteiger partial charge in [-0.25, -0.2) is 4.68 Å². The number of carbonyl (C=O) groups is 1. The van der Waals surface area contributed by atoms with Crippen molar-refractivity contribution in [3.63, 3.8) is 0 Å². The number of nitrogens with zero attached hydrogens (tertiary/aromatic N) is 4. The highest BCUT2D eigenvalue weighted by atomic mass is 16.5. The van der Waals surface area contributed by atoms with Gasteiger partial charge in [0.25, 0.3) is 5.91 Å². The molecule has 0 aliphatic rings. The quantitative estimate of drug-likeness (QED) is 0.615. The number of hydrogen-bond acceptors (Lipinski definition) is 6. The van der Waals surface area contributed by atoms with E-state index in [9.17, 15) is 4.79 Å². The van der Waals surface area contributed by atoms with Gasteiger partial charge in [-0.15, -0.1) is 5.10 Å². The lowest BCUT2D eigenvalue weighted by molar-refractivity contribution is 0.102. The Hall–Kier alpha value is -3.42. The van der Waals surface area contributed by atoms with Crippen LogP contribution in [0, 0.1) is 0 Å². The highest BCUT2D eigenvalue weighted by Crippen LogP contribution is 2.28. The van der Waals surface area contributed by atoms with Gasteiger partial charge in [0, 0.05) is 11.3 Å². The first kappa shape index (κ1) is 18.4. The third kappa shape index (κ3) is 4.60. The zero-order chi connectivity index (χ0) is 19.1. The summed E-state index contributed by atoms with van der Waals surface area (Å²) in [4.78, 5) is 12.5. The number of ether oxygens (including phenoxy) is 2. The predicted octanol–water partition coefficient (Wildman–Crippen LogP) is 3.10. The van der Waals surface area contributed by atoms with E-state index in [1.165, 1.54) is 11.0 Å². The van der Waals surface area contributed by atoms with E-state index >= 15 is 0 Å². The molecule has 0 saturated heterocycles. The average Bonchev–Trinajstić information content (AvgIpc) is 3.23. The van der Waals surface area contributed by atoms with Gasteiger partial charge < -0.3 is 14.8 Å². The molecule has 3 rings (SSSR count). The maximum absolute atomic E-state index is 12.5. The molecule has 0 aliphatic heterocycles.